The zero-order valence-electron chi connectivity index (χ0n) is 4.94. The summed E-state index contributed by atoms with van der Waals surface area (Å²) in [6, 6.07) is 0. The van der Waals surface area contributed by atoms with Gasteiger partial charge in [0.25, 0.3) is 0 Å². The summed E-state index contributed by atoms with van der Waals surface area (Å²) in [5.41, 5.74) is 0. The first-order chi connectivity index (χ1) is 3.46. The average Bonchev–Trinajstić information content (AvgIpc) is 1.25. The van der Waals surface area contributed by atoms with E-state index in [1.54, 1.807) is 0 Å². The molecule has 0 bridgehead atoms. The van der Waals surface area contributed by atoms with Crippen molar-refractivity contribution < 1.29 is 77.1 Å². The Bertz CT molecular complexity index is 72.4. The van der Waals surface area contributed by atoms with E-state index in [2.05, 4.69) is 0 Å². The SMILES string of the molecule is O=[C](O)[Ti+3].O=[C](O)[Ti+3].[O-2].[O-2].[O-2]. The standard InChI is InChI=1S/2CHO2.3O.2Ti/c2*2-1-3;;;;;/h2*(H,2,3);;;;;/q;;3*-2;2*+3. The van der Waals surface area contributed by atoms with E-state index in [0.29, 0.717) is 0 Å². The van der Waals surface area contributed by atoms with Crippen molar-refractivity contribution in [3.05, 3.63) is 0 Å². The van der Waals surface area contributed by atoms with E-state index >= 15 is 0 Å². The summed E-state index contributed by atoms with van der Waals surface area (Å²) in [6.07, 6.45) is 0. The van der Waals surface area contributed by atoms with Gasteiger partial charge in [0.05, 0.1) is 0 Å². The molecule has 0 amide bonds. The molecular formula is C2H2O7Ti2. The summed E-state index contributed by atoms with van der Waals surface area (Å²) in [5, 5.41) is 14.8. The van der Waals surface area contributed by atoms with Gasteiger partial charge in [0, 0.05) is 0 Å². The van der Waals surface area contributed by atoms with Gasteiger partial charge in [-0.25, -0.2) is 0 Å². The van der Waals surface area contributed by atoms with Gasteiger partial charge in [0.1, 0.15) is 0 Å². The maximum Gasteiger partial charge on any atom is -2.00 e. The number of hydrogen-bond donors (Lipinski definition) is 2. The molecule has 0 radical (unpaired) electrons. The fourth-order valence-corrected chi connectivity index (χ4v) is 0. The summed E-state index contributed by atoms with van der Waals surface area (Å²) in [5.74, 6) is 0. The third kappa shape index (κ3) is 11300. The molecule has 0 atom stereocenters. The van der Waals surface area contributed by atoms with Crippen molar-refractivity contribution in [2.45, 2.75) is 0 Å². The van der Waals surface area contributed by atoms with Crippen LogP contribution in [0.2, 0.25) is 0 Å². The van der Waals surface area contributed by atoms with Crippen LogP contribution in [0, 0.1) is 0 Å². The topological polar surface area (TPSA) is 160 Å². The molecular weight excluding hydrogens is 232 g/mol. The van der Waals surface area contributed by atoms with Crippen LogP contribution in [0.15, 0.2) is 0 Å². The molecule has 0 fully saturated rings. The van der Waals surface area contributed by atoms with Crippen molar-refractivity contribution in [1.82, 2.24) is 0 Å². The summed E-state index contributed by atoms with van der Waals surface area (Å²) in [7, 11) is 0. The Morgan fingerprint density at radius 1 is 0.818 bits per heavy atom. The number of rotatable bonds is 0. The van der Waals surface area contributed by atoms with E-state index in [9.17, 15) is 0 Å². The molecule has 2 N–H and O–H groups in total. The number of carbonyl (C=O) groups is 2. The van der Waals surface area contributed by atoms with Crippen molar-refractivity contribution in [3.8, 4) is 0 Å². The summed E-state index contributed by atoms with van der Waals surface area (Å²) in [4.78, 5) is 18.0. The van der Waals surface area contributed by atoms with Crippen LogP contribution in [0.3, 0.4) is 0 Å². The van der Waals surface area contributed by atoms with Crippen LogP contribution in [0.1, 0.15) is 0 Å². The molecule has 0 aliphatic carbocycles. The van der Waals surface area contributed by atoms with E-state index < -0.39 is 8.55 Å². The van der Waals surface area contributed by atoms with Crippen LogP contribution in [-0.4, -0.2) is 18.8 Å². The van der Waals surface area contributed by atoms with Crippen molar-refractivity contribution in [3.63, 3.8) is 0 Å². The second kappa shape index (κ2) is 22.5. The predicted molar refractivity (Wildman–Crippen MR) is 18.1 cm³/mol. The first kappa shape index (κ1) is 30.3. The molecule has 0 aliphatic heterocycles. The molecule has 0 spiro atoms. The van der Waals surface area contributed by atoms with Crippen LogP contribution in [-0.2, 0) is 57.3 Å². The summed E-state index contributed by atoms with van der Waals surface area (Å²) >= 11 is 2.17. The van der Waals surface area contributed by atoms with E-state index in [4.69, 9.17) is 19.8 Å². The monoisotopic (exact) mass is 234 g/mol. The van der Waals surface area contributed by atoms with Gasteiger partial charge in [0.15, 0.2) is 0 Å². The number of hydrogen-bond acceptors (Lipinski definition) is 2. The van der Waals surface area contributed by atoms with Gasteiger partial charge in [0.2, 0.25) is 0 Å². The molecule has 0 aliphatic rings. The van der Waals surface area contributed by atoms with Gasteiger partial charge in [-0.3, -0.25) is 0 Å². The molecule has 0 aromatic heterocycles. The van der Waals surface area contributed by atoms with Gasteiger partial charge in [-0.15, -0.1) is 0 Å². The van der Waals surface area contributed by atoms with Crippen LogP contribution in [0.4, 0.5) is 9.59 Å². The van der Waals surface area contributed by atoms with E-state index in [0.717, 1.165) is 40.9 Å². The largest absolute Gasteiger partial charge is 2.00 e. The van der Waals surface area contributed by atoms with E-state index in [1.807, 2.05) is 0 Å². The Labute approximate surface area is 85.5 Å². The van der Waals surface area contributed by atoms with Gasteiger partial charge in [-0.05, 0) is 0 Å². The van der Waals surface area contributed by atoms with Gasteiger partial charge < -0.3 is 16.4 Å². The minimum absolute atomic E-state index is 0. The molecule has 0 heterocycles. The van der Waals surface area contributed by atoms with Crippen LogP contribution >= 0.6 is 0 Å². The Morgan fingerprint density at radius 3 is 0.818 bits per heavy atom. The quantitative estimate of drug-likeness (QED) is 0.567. The molecule has 11 heavy (non-hydrogen) atoms. The molecule has 0 aromatic carbocycles. The first-order valence-electron chi connectivity index (χ1n) is 1.36. The third-order valence-electron chi connectivity index (χ3n) is 0. The Kier molecular flexibility index (Phi) is 61.8. The van der Waals surface area contributed by atoms with Gasteiger partial charge >= 0.3 is 69.2 Å². The van der Waals surface area contributed by atoms with Crippen LogP contribution in [0.5, 0.6) is 0 Å². The molecule has 0 saturated carbocycles. The fourth-order valence-electron chi connectivity index (χ4n) is 0. The van der Waals surface area contributed by atoms with E-state index in [-0.39, 0.29) is 16.4 Å². The normalized spacial score (nSPS) is 4.73. The minimum atomic E-state index is -0.833. The molecule has 0 aromatic rings. The van der Waals surface area contributed by atoms with Gasteiger partial charge in [-0.2, -0.15) is 0 Å². The van der Waals surface area contributed by atoms with Gasteiger partial charge in [-0.1, -0.05) is 0 Å². The maximum absolute atomic E-state index is 9.00. The number of carboxylic acid groups (broad SMARTS) is 2. The molecule has 9 heteroatoms. The maximum atomic E-state index is 9.00. The Hall–Kier alpha value is 0.249. The van der Waals surface area contributed by atoms with Crippen LogP contribution in [0.25, 0.3) is 0 Å². The zero-order chi connectivity index (χ0) is 7.15. The fraction of sp³-hybridized carbons (Fsp3) is 0. The Balaban J connectivity index is -0.0000000171. The zero-order valence-corrected chi connectivity index (χ0v) is 8.06. The first-order valence-corrected chi connectivity index (χ1v) is 2.92. The molecule has 0 rings (SSSR count). The summed E-state index contributed by atoms with van der Waals surface area (Å²) < 4.78 is -1.67. The second-order valence-electron chi connectivity index (χ2n) is 0.610. The second-order valence-corrected chi connectivity index (χ2v) is 1.95. The van der Waals surface area contributed by atoms with E-state index in [1.165, 1.54) is 0 Å². The molecule has 0 unspecified atom stereocenters. The minimum Gasteiger partial charge on any atom is -2.00 e. The molecule has 7 nitrogen and oxygen atoms in total. The Morgan fingerprint density at radius 2 is 0.818 bits per heavy atom. The van der Waals surface area contributed by atoms with Crippen LogP contribution < -0.4 is 0 Å². The van der Waals surface area contributed by atoms with Crippen molar-refractivity contribution in [1.29, 1.82) is 0 Å². The smallest absolute Gasteiger partial charge is 2.00 e. The van der Waals surface area contributed by atoms with Crippen molar-refractivity contribution in [2.75, 3.05) is 0 Å². The average molecular weight is 234 g/mol. The molecule has 0 saturated heterocycles. The third-order valence-corrected chi connectivity index (χ3v) is 0. The molecule has 60 valence electrons. The van der Waals surface area contributed by atoms with Crippen molar-refractivity contribution >= 4 is 8.55 Å². The van der Waals surface area contributed by atoms with Crippen molar-refractivity contribution in [2.24, 2.45) is 0 Å². The summed E-state index contributed by atoms with van der Waals surface area (Å²) in [6.45, 7) is 0. The predicted octanol–water partition coefficient (Wildman–Crippen LogP) is 0.0660.